The lowest BCUT2D eigenvalue weighted by molar-refractivity contribution is -0.908. The fourth-order valence-electron chi connectivity index (χ4n) is 2.53. The number of quaternary nitrogens is 1. The van der Waals surface area contributed by atoms with E-state index in [2.05, 4.69) is 29.3 Å². The van der Waals surface area contributed by atoms with Crippen LogP contribution in [0.2, 0.25) is 0 Å². The normalized spacial score (nSPS) is 12.4. The molecule has 32 heavy (non-hydrogen) atoms. The van der Waals surface area contributed by atoms with Crippen LogP contribution in [0.25, 0.3) is 0 Å². The van der Waals surface area contributed by atoms with Gasteiger partial charge in [0.15, 0.2) is 0 Å². The smallest absolute Gasteiger partial charge is 0.407 e. The molecule has 1 unspecified atom stereocenters. The molecule has 0 heterocycles. The molecule has 0 aliphatic carbocycles. The molecule has 0 bridgehead atoms. The Hall–Kier alpha value is -2.40. The molecule has 2 amide bonds. The van der Waals surface area contributed by atoms with Gasteiger partial charge in [0.05, 0.1) is 33.9 Å². The van der Waals surface area contributed by atoms with Crippen molar-refractivity contribution in [3.05, 3.63) is 0 Å². The maximum absolute atomic E-state index is 11.7. The van der Waals surface area contributed by atoms with Gasteiger partial charge in [-0.2, -0.15) is 0 Å². The first-order chi connectivity index (χ1) is 15.2. The Labute approximate surface area is 190 Å². The quantitative estimate of drug-likeness (QED) is 0.131. The second kappa shape index (κ2) is 18.2. The molecule has 0 fully saturated rings. The van der Waals surface area contributed by atoms with E-state index in [9.17, 15) is 19.2 Å². The highest BCUT2D eigenvalue weighted by Gasteiger charge is 2.19. The summed E-state index contributed by atoms with van der Waals surface area (Å²) < 4.78 is 21.0. The van der Waals surface area contributed by atoms with Crippen molar-refractivity contribution in [3.63, 3.8) is 0 Å². The van der Waals surface area contributed by atoms with Crippen LogP contribution < -0.4 is 10.6 Å². The van der Waals surface area contributed by atoms with Gasteiger partial charge in [-0.15, -0.1) is 0 Å². The zero-order chi connectivity index (χ0) is 24.2. The molecule has 0 saturated heterocycles. The zero-order valence-corrected chi connectivity index (χ0v) is 19.9. The number of hydrogen-bond acceptors (Lipinski definition) is 8. The molecule has 0 aromatic heterocycles. The van der Waals surface area contributed by atoms with E-state index in [1.807, 2.05) is 0 Å². The molecule has 0 aliphatic heterocycles. The molecule has 0 aromatic rings. The number of alkyl carbamates (subject to hydrolysis) is 1. The number of carbonyl (C=O) groups is 4. The minimum atomic E-state index is -0.550. The first-order valence-electron chi connectivity index (χ1n) is 11.0. The number of rotatable bonds is 18. The number of methoxy groups -OCH3 is 1. The van der Waals surface area contributed by atoms with Crippen LogP contribution in [0, 0.1) is 0 Å². The number of carbonyl (C=O) groups excluding carboxylic acids is 4. The van der Waals surface area contributed by atoms with Crippen LogP contribution >= 0.6 is 0 Å². The SMILES string of the molecule is CC[N+](C)(CCOCCOC(=O)NCCCC(=O)OC)CCOC(=O)CCCNC(C)=O. The summed E-state index contributed by atoms with van der Waals surface area (Å²) in [6, 6.07) is 0. The fraction of sp³-hybridized carbons (Fsp3) is 0.810. The topological polar surface area (TPSA) is 129 Å². The highest BCUT2D eigenvalue weighted by Crippen LogP contribution is 2.03. The van der Waals surface area contributed by atoms with Crippen molar-refractivity contribution in [3.8, 4) is 0 Å². The van der Waals surface area contributed by atoms with E-state index < -0.39 is 6.09 Å². The van der Waals surface area contributed by atoms with Gasteiger partial charge in [-0.1, -0.05) is 0 Å². The maximum atomic E-state index is 11.7. The monoisotopic (exact) mass is 462 g/mol. The van der Waals surface area contributed by atoms with Crippen molar-refractivity contribution in [1.29, 1.82) is 0 Å². The van der Waals surface area contributed by atoms with Crippen molar-refractivity contribution in [1.82, 2.24) is 10.6 Å². The van der Waals surface area contributed by atoms with Crippen molar-refractivity contribution in [2.75, 3.05) is 73.3 Å². The van der Waals surface area contributed by atoms with Crippen LogP contribution in [0.1, 0.15) is 39.5 Å². The van der Waals surface area contributed by atoms with Crippen LogP contribution in [0.3, 0.4) is 0 Å². The average Bonchev–Trinajstić information content (AvgIpc) is 2.76. The van der Waals surface area contributed by atoms with E-state index in [1.165, 1.54) is 14.0 Å². The summed E-state index contributed by atoms with van der Waals surface area (Å²) in [5, 5.41) is 5.19. The molecule has 11 heteroatoms. The molecule has 186 valence electrons. The van der Waals surface area contributed by atoms with Gasteiger partial charge in [0.25, 0.3) is 0 Å². The number of ether oxygens (including phenoxy) is 4. The van der Waals surface area contributed by atoms with E-state index in [4.69, 9.17) is 14.2 Å². The number of hydrogen-bond donors (Lipinski definition) is 2. The minimum Gasteiger partial charge on any atom is -0.469 e. The van der Waals surface area contributed by atoms with Gasteiger partial charge in [0.1, 0.15) is 26.3 Å². The number of nitrogens with one attached hydrogen (secondary N) is 2. The molecule has 0 saturated carbocycles. The third kappa shape index (κ3) is 17.3. The molecule has 0 aliphatic rings. The van der Waals surface area contributed by atoms with Gasteiger partial charge in [-0.05, 0) is 19.8 Å². The zero-order valence-electron chi connectivity index (χ0n) is 19.9. The Morgan fingerprint density at radius 2 is 1.44 bits per heavy atom. The lowest BCUT2D eigenvalue weighted by atomic mass is 10.3. The third-order valence-corrected chi connectivity index (χ3v) is 4.88. The van der Waals surface area contributed by atoms with E-state index in [0.717, 1.165) is 13.1 Å². The Morgan fingerprint density at radius 3 is 2.06 bits per heavy atom. The second-order valence-electron chi connectivity index (χ2n) is 7.54. The Balaban J connectivity index is 3.79. The van der Waals surface area contributed by atoms with Crippen LogP contribution in [0.15, 0.2) is 0 Å². The lowest BCUT2D eigenvalue weighted by Crippen LogP contribution is -2.48. The number of amides is 2. The summed E-state index contributed by atoms with van der Waals surface area (Å²) in [6.07, 6.45) is 1.01. The number of likely N-dealkylation sites (N-methyl/N-ethyl adjacent to an activating group) is 1. The van der Waals surface area contributed by atoms with Crippen LogP contribution in [-0.2, 0) is 33.3 Å². The molecule has 0 spiro atoms. The summed E-state index contributed by atoms with van der Waals surface area (Å²) in [6.45, 7) is 7.77. The van der Waals surface area contributed by atoms with Crippen LogP contribution in [0.4, 0.5) is 4.79 Å². The molecule has 0 rings (SSSR count). The van der Waals surface area contributed by atoms with Crippen molar-refractivity contribution in [2.45, 2.75) is 39.5 Å². The highest BCUT2D eigenvalue weighted by atomic mass is 16.6. The van der Waals surface area contributed by atoms with Crippen LogP contribution in [-0.4, -0.2) is 102 Å². The molecule has 1 atom stereocenters. The summed E-state index contributed by atoms with van der Waals surface area (Å²) in [5.74, 6) is -0.697. The highest BCUT2D eigenvalue weighted by molar-refractivity contribution is 5.73. The van der Waals surface area contributed by atoms with E-state index in [-0.39, 0.29) is 43.9 Å². The second-order valence-corrected chi connectivity index (χ2v) is 7.54. The van der Waals surface area contributed by atoms with Gasteiger partial charge in [0.2, 0.25) is 5.91 Å². The van der Waals surface area contributed by atoms with Crippen molar-refractivity contribution in [2.24, 2.45) is 0 Å². The molecular formula is C21H40N3O8+. The van der Waals surface area contributed by atoms with Gasteiger partial charge < -0.3 is 34.1 Å². The first-order valence-corrected chi connectivity index (χ1v) is 11.0. The van der Waals surface area contributed by atoms with Gasteiger partial charge >= 0.3 is 18.0 Å². The predicted molar refractivity (Wildman–Crippen MR) is 117 cm³/mol. The van der Waals surface area contributed by atoms with Gasteiger partial charge in [-0.25, -0.2) is 4.79 Å². The van der Waals surface area contributed by atoms with Gasteiger partial charge in [0, 0.05) is 32.9 Å². The molecular weight excluding hydrogens is 422 g/mol. The lowest BCUT2D eigenvalue weighted by Gasteiger charge is -2.33. The fourth-order valence-corrected chi connectivity index (χ4v) is 2.53. The summed E-state index contributed by atoms with van der Waals surface area (Å²) >= 11 is 0. The largest absolute Gasteiger partial charge is 0.469 e. The standard InChI is InChI=1S/C21H39N3O8/c1-5-24(3,13-15-31-20(27)9-7-10-22-18(2)25)12-14-30-16-17-32-21(28)23-11-6-8-19(26)29-4/h5-17H2,1-4H3,(H-,22,23,25,28)/p+1. The minimum absolute atomic E-state index is 0.112. The number of nitrogens with zero attached hydrogens (tertiary/aromatic N) is 1. The summed E-state index contributed by atoms with van der Waals surface area (Å²) in [5.41, 5.74) is 0. The third-order valence-electron chi connectivity index (χ3n) is 4.88. The maximum Gasteiger partial charge on any atom is 0.407 e. The average molecular weight is 463 g/mol. The number of esters is 2. The van der Waals surface area contributed by atoms with E-state index in [0.29, 0.717) is 50.2 Å². The van der Waals surface area contributed by atoms with Crippen LogP contribution in [0.5, 0.6) is 0 Å². The molecule has 0 radical (unpaired) electrons. The summed E-state index contributed by atoms with van der Waals surface area (Å²) in [4.78, 5) is 45.0. The van der Waals surface area contributed by atoms with Crippen molar-refractivity contribution < 1.29 is 42.6 Å². The Morgan fingerprint density at radius 1 is 0.812 bits per heavy atom. The Bertz CT molecular complexity index is 573. The van der Waals surface area contributed by atoms with Crippen molar-refractivity contribution >= 4 is 23.9 Å². The van der Waals surface area contributed by atoms with E-state index >= 15 is 0 Å². The summed E-state index contributed by atoms with van der Waals surface area (Å²) in [7, 11) is 3.38. The predicted octanol–water partition coefficient (Wildman–Crippen LogP) is 0.608. The molecule has 0 aromatic carbocycles. The Kier molecular flexibility index (Phi) is 16.8. The molecule has 2 N–H and O–H groups in total. The molecule has 11 nitrogen and oxygen atoms in total. The first kappa shape index (κ1) is 29.6. The van der Waals surface area contributed by atoms with Gasteiger partial charge in [-0.3, -0.25) is 14.4 Å². The van der Waals surface area contributed by atoms with E-state index in [1.54, 1.807) is 0 Å².